The summed E-state index contributed by atoms with van der Waals surface area (Å²) < 4.78 is 20.7. The third-order valence-corrected chi connectivity index (χ3v) is 8.24. The largest absolute Gasteiger partial charge is 0.383 e. The Morgan fingerprint density at radius 2 is 1.56 bits per heavy atom. The average Bonchev–Trinajstić information content (AvgIpc) is 3.37. The summed E-state index contributed by atoms with van der Waals surface area (Å²) in [6.07, 6.45) is 1.37. The molecule has 39 heavy (non-hydrogen) atoms. The number of aliphatic hydroxyl groups is 1. The van der Waals surface area contributed by atoms with Crippen molar-refractivity contribution in [1.29, 1.82) is 0 Å². The van der Waals surface area contributed by atoms with Crippen molar-refractivity contribution in [3.63, 3.8) is 0 Å². The van der Waals surface area contributed by atoms with Crippen molar-refractivity contribution in [2.45, 2.75) is 50.6 Å². The van der Waals surface area contributed by atoms with Crippen molar-refractivity contribution in [1.82, 2.24) is 14.5 Å². The summed E-state index contributed by atoms with van der Waals surface area (Å²) in [4.78, 5) is 8.40. The van der Waals surface area contributed by atoms with Gasteiger partial charge in [-0.15, -0.1) is 0 Å². The Morgan fingerprint density at radius 1 is 0.923 bits per heavy atom. The summed E-state index contributed by atoms with van der Waals surface area (Å²) in [6.45, 7) is 3.86. The van der Waals surface area contributed by atoms with E-state index in [9.17, 15) is 5.11 Å². The molecule has 0 saturated carbocycles. The zero-order chi connectivity index (χ0) is 27.9. The van der Waals surface area contributed by atoms with Gasteiger partial charge in [-0.2, -0.15) is 0 Å². The van der Waals surface area contributed by atoms with Crippen LogP contribution in [0.2, 0.25) is 25.2 Å². The third kappa shape index (κ3) is 5.75. The number of halogens is 5. The second-order valence-corrected chi connectivity index (χ2v) is 11.8. The number of aromatic nitrogens is 3. The maximum atomic E-state index is 11.9. The van der Waals surface area contributed by atoms with Crippen LogP contribution in [0.3, 0.4) is 0 Å². The van der Waals surface area contributed by atoms with Crippen LogP contribution in [0, 0.1) is 0 Å². The molecule has 0 aliphatic carbocycles. The van der Waals surface area contributed by atoms with Crippen LogP contribution in [0.1, 0.15) is 31.2 Å². The smallest absolute Gasteiger partial charge is 0.167 e. The third-order valence-electron chi connectivity index (χ3n) is 6.76. The van der Waals surface area contributed by atoms with Gasteiger partial charge < -0.3 is 23.9 Å². The lowest BCUT2D eigenvalue weighted by atomic mass is 9.88. The molecule has 0 unspecified atom stereocenters. The van der Waals surface area contributed by atoms with E-state index in [1.807, 2.05) is 6.92 Å². The first-order valence-corrected chi connectivity index (χ1v) is 13.8. The highest BCUT2D eigenvalue weighted by Crippen LogP contribution is 2.47. The van der Waals surface area contributed by atoms with Crippen LogP contribution in [0.15, 0.2) is 55.0 Å². The molecule has 206 valence electrons. The van der Waals surface area contributed by atoms with Gasteiger partial charge in [0.25, 0.3) is 0 Å². The number of hydrogen-bond donors (Lipinski definition) is 1. The normalized spacial score (nSPS) is 25.0. The van der Waals surface area contributed by atoms with Crippen molar-refractivity contribution in [2.75, 3.05) is 6.61 Å². The maximum absolute atomic E-state index is 11.9. The summed E-state index contributed by atoms with van der Waals surface area (Å²) in [6, 6.07) is 12.1. The van der Waals surface area contributed by atoms with E-state index < -0.39 is 23.5 Å². The van der Waals surface area contributed by atoms with E-state index in [1.54, 1.807) is 60.2 Å². The summed E-state index contributed by atoms with van der Waals surface area (Å²) in [5.41, 5.74) is -0.642. The second-order valence-electron chi connectivity index (χ2n) is 9.79. The molecule has 2 aromatic heterocycles. The fraction of sp³-hybridized carbons (Fsp3) is 0.333. The number of benzene rings is 2. The van der Waals surface area contributed by atoms with Gasteiger partial charge in [0, 0.05) is 26.3 Å². The van der Waals surface area contributed by atoms with E-state index in [0.717, 1.165) is 5.56 Å². The van der Waals surface area contributed by atoms with Crippen LogP contribution in [-0.2, 0) is 27.4 Å². The molecule has 0 amide bonds. The summed E-state index contributed by atoms with van der Waals surface area (Å²) >= 11 is 31.1. The molecule has 1 saturated heterocycles. The predicted octanol–water partition coefficient (Wildman–Crippen LogP) is 7.54. The zero-order valence-corrected chi connectivity index (χ0v) is 24.7. The molecular formula is C27H24Cl5N3O4. The van der Waals surface area contributed by atoms with Crippen molar-refractivity contribution >= 4 is 69.0 Å². The quantitative estimate of drug-likeness (QED) is 0.203. The molecule has 12 heteroatoms. The van der Waals surface area contributed by atoms with E-state index >= 15 is 0 Å². The molecule has 1 fully saturated rings. The summed E-state index contributed by atoms with van der Waals surface area (Å²) in [5.74, 6) is 0. The molecule has 4 aromatic rings. The Kier molecular flexibility index (Phi) is 8.38. The van der Waals surface area contributed by atoms with Gasteiger partial charge >= 0.3 is 0 Å². The highest BCUT2D eigenvalue weighted by Gasteiger charge is 2.61. The van der Waals surface area contributed by atoms with Gasteiger partial charge in [0.15, 0.2) is 6.23 Å². The molecule has 4 atom stereocenters. The first-order chi connectivity index (χ1) is 18.5. The molecule has 7 nitrogen and oxygen atoms in total. The molecule has 1 aliphatic heterocycles. The Morgan fingerprint density at radius 3 is 2.21 bits per heavy atom. The van der Waals surface area contributed by atoms with Crippen LogP contribution >= 0.6 is 58.0 Å². The number of rotatable bonds is 8. The van der Waals surface area contributed by atoms with Crippen molar-refractivity contribution < 1.29 is 19.3 Å². The fourth-order valence-electron chi connectivity index (χ4n) is 4.92. The average molecular weight is 632 g/mol. The molecule has 1 aliphatic rings. The highest BCUT2D eigenvalue weighted by atomic mass is 35.5. The topological polar surface area (TPSA) is 78.6 Å². The van der Waals surface area contributed by atoms with Crippen LogP contribution in [0.4, 0.5) is 0 Å². The zero-order valence-electron chi connectivity index (χ0n) is 20.9. The number of nitrogens with zero attached hydrogens (tertiary/aromatic N) is 3. The molecule has 5 rings (SSSR count). The monoisotopic (exact) mass is 629 g/mol. The predicted molar refractivity (Wildman–Crippen MR) is 153 cm³/mol. The van der Waals surface area contributed by atoms with Gasteiger partial charge in [0.1, 0.15) is 34.4 Å². The standard InChI is InChI=1S/C27H24Cl5N3O4/c1-26(13-37-11-15-3-5-17(28)9-20(15)30)24(38-12-16-4-6-18(29)10-21(16)31)27(2,36)25(39-26)35-8-7-19-22(32)33-14-34-23(19)35/h3-10,14,24-25,36H,11-13H2,1-2H3/t24-,25-,26-,27-/m1/s1. The highest BCUT2D eigenvalue weighted by molar-refractivity contribution is 6.35. The van der Waals surface area contributed by atoms with Crippen molar-refractivity contribution in [3.05, 3.63) is 91.4 Å². The summed E-state index contributed by atoms with van der Waals surface area (Å²) in [7, 11) is 0. The van der Waals surface area contributed by atoms with Crippen LogP contribution in [0.25, 0.3) is 11.0 Å². The number of ether oxygens (including phenoxy) is 3. The molecule has 0 radical (unpaired) electrons. The minimum atomic E-state index is -1.53. The van der Waals surface area contributed by atoms with Crippen LogP contribution in [0.5, 0.6) is 0 Å². The van der Waals surface area contributed by atoms with E-state index in [2.05, 4.69) is 9.97 Å². The first-order valence-electron chi connectivity index (χ1n) is 11.9. The SMILES string of the molecule is C[C@]1(O)[C@H](n2ccc3c(Cl)ncnc32)O[C@](C)(COCc2ccc(Cl)cc2Cl)[C@H]1OCc1ccc(Cl)cc1Cl. The number of hydrogen-bond acceptors (Lipinski definition) is 6. The van der Waals surface area contributed by atoms with Gasteiger partial charge in [-0.25, -0.2) is 9.97 Å². The van der Waals surface area contributed by atoms with Gasteiger partial charge in [-0.3, -0.25) is 0 Å². The lowest BCUT2D eigenvalue weighted by molar-refractivity contribution is -0.147. The van der Waals surface area contributed by atoms with Crippen molar-refractivity contribution in [2.24, 2.45) is 0 Å². The maximum Gasteiger partial charge on any atom is 0.167 e. The van der Waals surface area contributed by atoms with Gasteiger partial charge in [-0.05, 0) is 55.3 Å². The van der Waals surface area contributed by atoms with E-state index in [-0.39, 0.29) is 19.8 Å². The van der Waals surface area contributed by atoms with E-state index in [1.165, 1.54) is 6.33 Å². The molecule has 2 aromatic carbocycles. The Bertz CT molecular complexity index is 1510. The van der Waals surface area contributed by atoms with E-state index in [4.69, 9.17) is 72.2 Å². The summed E-state index contributed by atoms with van der Waals surface area (Å²) in [5, 5.41) is 14.9. The Balaban J connectivity index is 1.45. The molecule has 0 bridgehead atoms. The molecule has 1 N–H and O–H groups in total. The van der Waals surface area contributed by atoms with Gasteiger partial charge in [-0.1, -0.05) is 70.1 Å². The Hall–Kier alpha value is -1.65. The van der Waals surface area contributed by atoms with E-state index in [0.29, 0.717) is 41.8 Å². The lowest BCUT2D eigenvalue weighted by Gasteiger charge is -2.34. The fourth-order valence-corrected chi connectivity index (χ4v) is 6.04. The minimum Gasteiger partial charge on any atom is -0.383 e. The minimum absolute atomic E-state index is 0.0760. The van der Waals surface area contributed by atoms with Crippen LogP contribution < -0.4 is 0 Å². The van der Waals surface area contributed by atoms with Gasteiger partial charge in [0.2, 0.25) is 0 Å². The van der Waals surface area contributed by atoms with Crippen molar-refractivity contribution in [3.8, 4) is 0 Å². The first kappa shape index (κ1) is 28.9. The van der Waals surface area contributed by atoms with Crippen LogP contribution in [-0.4, -0.2) is 43.6 Å². The lowest BCUT2D eigenvalue weighted by Crippen LogP contribution is -2.51. The molecule has 3 heterocycles. The Labute approximate surface area is 250 Å². The number of fused-ring (bicyclic) bond motifs is 1. The van der Waals surface area contributed by atoms with Gasteiger partial charge in [0.05, 0.1) is 25.2 Å². The molecule has 0 spiro atoms. The second kappa shape index (κ2) is 11.3. The molecular weight excluding hydrogens is 608 g/mol.